The Morgan fingerprint density at radius 2 is 2.06 bits per heavy atom. The van der Waals surface area contributed by atoms with Crippen molar-refractivity contribution in [1.29, 1.82) is 0 Å². The van der Waals surface area contributed by atoms with Gasteiger partial charge < -0.3 is 5.11 Å². The third kappa shape index (κ3) is 2.15. The number of rotatable bonds is 1. The summed E-state index contributed by atoms with van der Waals surface area (Å²) in [5.74, 6) is 0.401. The molecule has 6 unspecified atom stereocenters. The topological polar surface area (TPSA) is 66.4 Å². The SMILES string of the molecule is CC1CC(C)C2C(C1)NC(C(=O)O)CS2=O. The second-order valence-electron chi connectivity index (χ2n) is 5.23. The van der Waals surface area contributed by atoms with Gasteiger partial charge in [-0.3, -0.25) is 14.3 Å². The predicted octanol–water partition coefficient (Wildman–Crippen LogP) is 0.595. The van der Waals surface area contributed by atoms with Crippen molar-refractivity contribution in [3.05, 3.63) is 0 Å². The number of carboxylic acid groups (broad SMARTS) is 1. The zero-order valence-electron chi connectivity index (χ0n) is 9.68. The molecule has 6 atom stereocenters. The zero-order chi connectivity index (χ0) is 11.9. The van der Waals surface area contributed by atoms with Gasteiger partial charge in [0.15, 0.2) is 0 Å². The van der Waals surface area contributed by atoms with Crippen molar-refractivity contribution in [1.82, 2.24) is 5.32 Å². The van der Waals surface area contributed by atoms with Gasteiger partial charge in [-0.25, -0.2) is 0 Å². The van der Waals surface area contributed by atoms with Crippen LogP contribution in [0.15, 0.2) is 0 Å². The molecule has 0 aromatic rings. The zero-order valence-corrected chi connectivity index (χ0v) is 10.5. The van der Waals surface area contributed by atoms with E-state index in [4.69, 9.17) is 5.11 Å². The molecule has 0 aromatic heterocycles. The Labute approximate surface area is 98.3 Å². The molecule has 0 bridgehead atoms. The third-order valence-corrected chi connectivity index (χ3v) is 5.80. The Bertz CT molecular complexity index is 320. The van der Waals surface area contributed by atoms with E-state index in [1.807, 2.05) is 0 Å². The lowest BCUT2D eigenvalue weighted by atomic mass is 9.79. The summed E-state index contributed by atoms with van der Waals surface area (Å²) in [5.41, 5.74) is 0. The van der Waals surface area contributed by atoms with Crippen LogP contribution in [0.3, 0.4) is 0 Å². The lowest BCUT2D eigenvalue weighted by molar-refractivity contribution is -0.139. The predicted molar refractivity (Wildman–Crippen MR) is 62.7 cm³/mol. The van der Waals surface area contributed by atoms with Gasteiger partial charge >= 0.3 is 5.97 Å². The third-order valence-electron chi connectivity index (χ3n) is 3.74. The van der Waals surface area contributed by atoms with Crippen LogP contribution in [0.25, 0.3) is 0 Å². The van der Waals surface area contributed by atoms with Crippen LogP contribution < -0.4 is 5.32 Å². The molecule has 0 radical (unpaired) electrons. The van der Waals surface area contributed by atoms with E-state index in [0.717, 1.165) is 12.8 Å². The fourth-order valence-electron chi connectivity index (χ4n) is 3.16. The van der Waals surface area contributed by atoms with E-state index < -0.39 is 22.8 Å². The molecule has 2 fully saturated rings. The molecular formula is C11H19NO3S. The summed E-state index contributed by atoms with van der Waals surface area (Å²) >= 11 is 0. The van der Waals surface area contributed by atoms with Crippen molar-refractivity contribution in [2.45, 2.75) is 44.0 Å². The Hall–Kier alpha value is -0.420. The summed E-state index contributed by atoms with van der Waals surface area (Å²) in [6.45, 7) is 4.32. The largest absolute Gasteiger partial charge is 0.480 e. The van der Waals surface area contributed by atoms with Crippen LogP contribution in [0.2, 0.25) is 0 Å². The molecule has 1 heterocycles. The van der Waals surface area contributed by atoms with Gasteiger partial charge in [0.05, 0.1) is 5.25 Å². The van der Waals surface area contributed by atoms with Crippen LogP contribution in [-0.4, -0.2) is 38.4 Å². The van der Waals surface area contributed by atoms with Gasteiger partial charge in [-0.05, 0) is 24.7 Å². The first-order valence-corrected chi connectivity index (χ1v) is 7.23. The van der Waals surface area contributed by atoms with Crippen LogP contribution in [0, 0.1) is 11.8 Å². The smallest absolute Gasteiger partial charge is 0.321 e. The molecule has 1 aliphatic carbocycles. The lowest BCUT2D eigenvalue weighted by Crippen LogP contribution is -2.61. The molecule has 2 N–H and O–H groups in total. The molecule has 0 aromatic carbocycles. The second kappa shape index (κ2) is 4.45. The fraction of sp³-hybridized carbons (Fsp3) is 0.909. The molecule has 2 aliphatic rings. The van der Waals surface area contributed by atoms with Crippen molar-refractivity contribution in [2.75, 3.05) is 5.75 Å². The van der Waals surface area contributed by atoms with Crippen molar-refractivity contribution in [3.8, 4) is 0 Å². The van der Waals surface area contributed by atoms with E-state index in [0.29, 0.717) is 11.8 Å². The molecule has 5 heteroatoms. The summed E-state index contributed by atoms with van der Waals surface area (Å²) in [6.07, 6.45) is 2.05. The molecule has 1 saturated carbocycles. The minimum Gasteiger partial charge on any atom is -0.480 e. The number of aliphatic carboxylic acids is 1. The van der Waals surface area contributed by atoms with E-state index in [1.54, 1.807) is 0 Å². The molecule has 4 nitrogen and oxygen atoms in total. The maximum atomic E-state index is 12.1. The Balaban J connectivity index is 2.15. The van der Waals surface area contributed by atoms with Gasteiger partial charge in [0, 0.05) is 22.6 Å². The van der Waals surface area contributed by atoms with Crippen LogP contribution in [0.4, 0.5) is 0 Å². The molecular weight excluding hydrogens is 226 g/mol. The van der Waals surface area contributed by atoms with Crippen molar-refractivity contribution in [3.63, 3.8) is 0 Å². The van der Waals surface area contributed by atoms with E-state index in [2.05, 4.69) is 19.2 Å². The number of nitrogens with one attached hydrogen (secondary N) is 1. The highest BCUT2D eigenvalue weighted by Gasteiger charge is 2.44. The normalized spacial score (nSPS) is 48.4. The van der Waals surface area contributed by atoms with E-state index in [-0.39, 0.29) is 17.0 Å². The van der Waals surface area contributed by atoms with Gasteiger partial charge in [0.1, 0.15) is 6.04 Å². The Morgan fingerprint density at radius 1 is 1.38 bits per heavy atom. The number of hydrogen-bond donors (Lipinski definition) is 2. The van der Waals surface area contributed by atoms with E-state index >= 15 is 0 Å². The van der Waals surface area contributed by atoms with Crippen molar-refractivity contribution in [2.24, 2.45) is 11.8 Å². The maximum Gasteiger partial charge on any atom is 0.321 e. The highest BCUT2D eigenvalue weighted by molar-refractivity contribution is 7.85. The van der Waals surface area contributed by atoms with Gasteiger partial charge in [0.2, 0.25) is 0 Å². The molecule has 16 heavy (non-hydrogen) atoms. The van der Waals surface area contributed by atoms with Crippen LogP contribution in [-0.2, 0) is 15.6 Å². The van der Waals surface area contributed by atoms with Crippen LogP contribution in [0.1, 0.15) is 26.7 Å². The first kappa shape index (κ1) is 12.0. The monoisotopic (exact) mass is 245 g/mol. The number of carbonyl (C=O) groups is 1. The highest BCUT2D eigenvalue weighted by Crippen LogP contribution is 2.34. The summed E-state index contributed by atoms with van der Waals surface area (Å²) < 4.78 is 12.1. The average molecular weight is 245 g/mol. The fourth-order valence-corrected chi connectivity index (χ4v) is 5.13. The number of fused-ring (bicyclic) bond motifs is 1. The van der Waals surface area contributed by atoms with Gasteiger partial charge in [-0.15, -0.1) is 0 Å². The molecule has 1 aliphatic heterocycles. The van der Waals surface area contributed by atoms with Crippen molar-refractivity contribution >= 4 is 16.8 Å². The minimum atomic E-state index is -0.996. The second-order valence-corrected chi connectivity index (χ2v) is 6.87. The first-order valence-electron chi connectivity index (χ1n) is 5.85. The standard InChI is InChI=1S/C11H19NO3S/c1-6-3-7(2)10-8(4-6)12-9(11(13)14)5-16(10)15/h6-10,12H,3-5H2,1-2H3,(H,13,14). The summed E-state index contributed by atoms with van der Waals surface area (Å²) in [4.78, 5) is 10.9. The number of carboxylic acids is 1. The average Bonchev–Trinajstić information content (AvgIpc) is 2.15. The first-order chi connectivity index (χ1) is 7.49. The summed E-state index contributed by atoms with van der Waals surface area (Å²) in [6, 6.07) is -0.506. The number of hydrogen-bond acceptors (Lipinski definition) is 3. The Morgan fingerprint density at radius 3 is 2.69 bits per heavy atom. The van der Waals surface area contributed by atoms with Crippen LogP contribution in [0.5, 0.6) is 0 Å². The summed E-state index contributed by atoms with van der Waals surface area (Å²) in [5, 5.41) is 12.3. The molecule has 0 spiro atoms. The molecule has 1 saturated heterocycles. The van der Waals surface area contributed by atoms with E-state index in [9.17, 15) is 9.00 Å². The lowest BCUT2D eigenvalue weighted by Gasteiger charge is -2.44. The minimum absolute atomic E-state index is 0.120. The highest BCUT2D eigenvalue weighted by atomic mass is 32.2. The van der Waals surface area contributed by atoms with Gasteiger partial charge in [-0.1, -0.05) is 13.8 Å². The quantitative estimate of drug-likeness (QED) is 0.710. The van der Waals surface area contributed by atoms with E-state index in [1.165, 1.54) is 0 Å². The van der Waals surface area contributed by atoms with Crippen molar-refractivity contribution < 1.29 is 14.1 Å². The van der Waals surface area contributed by atoms with Gasteiger partial charge in [0.25, 0.3) is 0 Å². The molecule has 2 rings (SSSR count). The summed E-state index contributed by atoms with van der Waals surface area (Å²) in [7, 11) is -0.996. The Kier molecular flexibility index (Phi) is 3.35. The van der Waals surface area contributed by atoms with Crippen LogP contribution >= 0.6 is 0 Å². The maximum absolute atomic E-state index is 12.1. The molecule has 0 amide bonds. The molecule has 92 valence electrons. The van der Waals surface area contributed by atoms with Gasteiger partial charge in [-0.2, -0.15) is 0 Å².